The fraction of sp³-hybridized carbons (Fsp3) is 0.143. The van der Waals surface area contributed by atoms with Gasteiger partial charge in [0.15, 0.2) is 11.5 Å². The van der Waals surface area contributed by atoms with Crippen LogP contribution in [0.3, 0.4) is 0 Å². The summed E-state index contributed by atoms with van der Waals surface area (Å²) in [4.78, 5) is 37.5. The Morgan fingerprint density at radius 3 is 2.59 bits per heavy atom. The lowest BCUT2D eigenvalue weighted by Crippen LogP contribution is -2.27. The van der Waals surface area contributed by atoms with Gasteiger partial charge < -0.3 is 9.47 Å². The lowest BCUT2D eigenvalue weighted by atomic mass is 10.0. The van der Waals surface area contributed by atoms with Crippen molar-refractivity contribution in [3.63, 3.8) is 0 Å². The Morgan fingerprint density at radius 1 is 1.10 bits per heavy atom. The summed E-state index contributed by atoms with van der Waals surface area (Å²) in [6.45, 7) is 3.92. The van der Waals surface area contributed by atoms with Gasteiger partial charge in [0.2, 0.25) is 0 Å². The Balaban J connectivity index is 1.59. The summed E-state index contributed by atoms with van der Waals surface area (Å²) in [5.74, 6) is 0.444. The molecule has 0 atom stereocenters. The summed E-state index contributed by atoms with van der Waals surface area (Å²) in [5, 5.41) is 11.6. The molecule has 1 aliphatic heterocycles. The first-order valence-corrected chi connectivity index (χ1v) is 13.1. The van der Waals surface area contributed by atoms with E-state index in [2.05, 4.69) is 6.58 Å². The minimum atomic E-state index is -0.525. The number of non-ortho nitro benzene ring substituents is 1. The molecule has 200 valence electrons. The normalized spacial score (nSPS) is 14.1. The maximum atomic E-state index is 13.1. The molecule has 2 amide bonds. The highest BCUT2D eigenvalue weighted by Crippen LogP contribution is 2.38. The van der Waals surface area contributed by atoms with Gasteiger partial charge in [-0.05, 0) is 59.7 Å². The highest BCUT2D eigenvalue weighted by atomic mass is 35.5. The smallest absolute Gasteiger partial charge is 0.293 e. The van der Waals surface area contributed by atoms with Crippen LogP contribution in [0.25, 0.3) is 6.08 Å². The largest absolute Gasteiger partial charge is 0.493 e. The van der Waals surface area contributed by atoms with E-state index in [9.17, 15) is 19.7 Å². The molecule has 0 aromatic heterocycles. The van der Waals surface area contributed by atoms with E-state index in [1.165, 1.54) is 25.3 Å². The Hall–Kier alpha value is -3.79. The third-order valence-electron chi connectivity index (χ3n) is 5.76. The van der Waals surface area contributed by atoms with Gasteiger partial charge >= 0.3 is 0 Å². The van der Waals surface area contributed by atoms with Gasteiger partial charge in [0.05, 0.1) is 23.5 Å². The van der Waals surface area contributed by atoms with Crippen molar-refractivity contribution in [2.45, 2.75) is 19.6 Å². The van der Waals surface area contributed by atoms with Crippen LogP contribution in [0, 0.1) is 10.1 Å². The zero-order chi connectivity index (χ0) is 28.1. The molecular formula is C28H22Cl2N2O6S. The molecule has 0 aliphatic carbocycles. The Kier molecular flexibility index (Phi) is 8.96. The first-order valence-electron chi connectivity index (χ1n) is 11.6. The maximum absolute atomic E-state index is 13.1. The molecular weight excluding hydrogens is 563 g/mol. The monoisotopic (exact) mass is 584 g/mol. The van der Waals surface area contributed by atoms with Crippen LogP contribution >= 0.6 is 35.0 Å². The molecule has 8 nitrogen and oxygen atoms in total. The molecule has 11 heteroatoms. The van der Waals surface area contributed by atoms with Crippen molar-refractivity contribution in [2.75, 3.05) is 7.11 Å². The van der Waals surface area contributed by atoms with Gasteiger partial charge in [-0.2, -0.15) is 0 Å². The van der Waals surface area contributed by atoms with Crippen LogP contribution in [0.2, 0.25) is 10.0 Å². The van der Waals surface area contributed by atoms with Gasteiger partial charge in [-0.25, -0.2) is 0 Å². The van der Waals surface area contributed by atoms with Crippen molar-refractivity contribution in [1.82, 2.24) is 4.90 Å². The zero-order valence-electron chi connectivity index (χ0n) is 20.7. The number of benzene rings is 3. The minimum Gasteiger partial charge on any atom is -0.493 e. The van der Waals surface area contributed by atoms with Crippen LogP contribution in [-0.4, -0.2) is 28.1 Å². The van der Waals surface area contributed by atoms with E-state index >= 15 is 0 Å². The van der Waals surface area contributed by atoms with Crippen LogP contribution in [0.5, 0.6) is 11.5 Å². The van der Waals surface area contributed by atoms with E-state index in [4.69, 9.17) is 32.7 Å². The number of amides is 2. The summed E-state index contributed by atoms with van der Waals surface area (Å²) in [7, 11) is 1.51. The number of nitro benzene ring substituents is 1. The molecule has 0 unspecified atom stereocenters. The summed E-state index contributed by atoms with van der Waals surface area (Å²) in [6, 6.07) is 14.5. The van der Waals surface area contributed by atoms with Gasteiger partial charge in [-0.15, -0.1) is 6.58 Å². The third kappa shape index (κ3) is 6.62. The number of hydrogen-bond acceptors (Lipinski definition) is 7. The first-order chi connectivity index (χ1) is 18.7. The van der Waals surface area contributed by atoms with Gasteiger partial charge in [-0.1, -0.05) is 47.5 Å². The summed E-state index contributed by atoms with van der Waals surface area (Å²) < 4.78 is 11.7. The lowest BCUT2D eigenvalue weighted by molar-refractivity contribution is -0.384. The molecule has 0 saturated carbocycles. The second-order valence-corrected chi connectivity index (χ2v) is 10.3. The molecule has 39 heavy (non-hydrogen) atoms. The van der Waals surface area contributed by atoms with Gasteiger partial charge in [0, 0.05) is 33.3 Å². The quantitative estimate of drug-likeness (QED) is 0.105. The average Bonchev–Trinajstić information content (AvgIpc) is 3.16. The van der Waals surface area contributed by atoms with Crippen LogP contribution in [0.4, 0.5) is 10.5 Å². The molecule has 1 heterocycles. The number of methoxy groups -OCH3 is 1. The number of carbonyl (C=O) groups is 2. The molecule has 3 aromatic rings. The number of halogens is 2. The van der Waals surface area contributed by atoms with Crippen molar-refractivity contribution >= 4 is 57.9 Å². The van der Waals surface area contributed by atoms with E-state index in [0.29, 0.717) is 39.1 Å². The van der Waals surface area contributed by atoms with Gasteiger partial charge in [-0.3, -0.25) is 24.6 Å². The van der Waals surface area contributed by atoms with E-state index in [0.717, 1.165) is 27.8 Å². The number of hydrogen-bond donors (Lipinski definition) is 0. The van der Waals surface area contributed by atoms with E-state index in [1.54, 1.807) is 42.5 Å². The third-order valence-corrected chi connectivity index (χ3v) is 7.25. The highest BCUT2D eigenvalue weighted by Gasteiger charge is 2.35. The number of rotatable bonds is 10. The fourth-order valence-electron chi connectivity index (χ4n) is 3.92. The molecule has 0 N–H and O–H groups in total. The fourth-order valence-corrected chi connectivity index (χ4v) is 5.22. The molecule has 0 radical (unpaired) electrons. The number of allylic oxidation sites excluding steroid dienone is 1. The Morgan fingerprint density at radius 2 is 1.90 bits per heavy atom. The van der Waals surface area contributed by atoms with Crippen molar-refractivity contribution in [3.05, 3.63) is 115 Å². The number of nitro groups is 1. The van der Waals surface area contributed by atoms with Gasteiger partial charge in [0.1, 0.15) is 6.61 Å². The van der Waals surface area contributed by atoms with Crippen molar-refractivity contribution in [2.24, 2.45) is 0 Å². The van der Waals surface area contributed by atoms with Crippen molar-refractivity contribution in [3.8, 4) is 11.5 Å². The first kappa shape index (κ1) is 28.2. The number of imide groups is 1. The Labute approximate surface area is 239 Å². The predicted octanol–water partition coefficient (Wildman–Crippen LogP) is 7.45. The van der Waals surface area contributed by atoms with Crippen molar-refractivity contribution in [1.29, 1.82) is 0 Å². The second kappa shape index (κ2) is 12.4. The van der Waals surface area contributed by atoms with Crippen molar-refractivity contribution < 1.29 is 24.0 Å². The van der Waals surface area contributed by atoms with Gasteiger partial charge in [0.25, 0.3) is 16.8 Å². The summed E-state index contributed by atoms with van der Waals surface area (Å²) in [6.07, 6.45) is 3.77. The van der Waals surface area contributed by atoms with E-state index in [-0.39, 0.29) is 23.7 Å². The van der Waals surface area contributed by atoms with E-state index in [1.807, 2.05) is 6.07 Å². The van der Waals surface area contributed by atoms with Crippen LogP contribution in [0.15, 0.2) is 72.2 Å². The topological polar surface area (TPSA) is 99.0 Å². The van der Waals surface area contributed by atoms with E-state index < -0.39 is 16.1 Å². The molecule has 4 rings (SSSR count). The number of nitrogens with zero attached hydrogens (tertiary/aromatic N) is 2. The molecule has 1 fully saturated rings. The van der Waals surface area contributed by atoms with Crippen LogP contribution < -0.4 is 9.47 Å². The SMILES string of the molecule is C=CCc1cc(/C=C2/SC(=O)N(Cc3cccc([N+](=O)[O-])c3)C2=O)cc(OC)c1OCc1ccc(Cl)cc1Cl. The summed E-state index contributed by atoms with van der Waals surface area (Å²) in [5.41, 5.74) is 2.49. The summed E-state index contributed by atoms with van der Waals surface area (Å²) >= 11 is 13.1. The number of thioether (sulfide) groups is 1. The van der Waals surface area contributed by atoms with Crippen LogP contribution in [0.1, 0.15) is 22.3 Å². The van der Waals surface area contributed by atoms with Crippen LogP contribution in [-0.2, 0) is 24.4 Å². The second-order valence-electron chi connectivity index (χ2n) is 8.42. The molecule has 3 aromatic carbocycles. The zero-order valence-corrected chi connectivity index (χ0v) is 23.0. The number of ether oxygens (including phenoxy) is 2. The molecule has 0 spiro atoms. The number of carbonyl (C=O) groups excluding carboxylic acids is 2. The Bertz CT molecular complexity index is 1510. The predicted molar refractivity (Wildman–Crippen MR) is 152 cm³/mol. The molecule has 1 saturated heterocycles. The highest BCUT2D eigenvalue weighted by molar-refractivity contribution is 8.18. The maximum Gasteiger partial charge on any atom is 0.293 e. The molecule has 0 bridgehead atoms. The average molecular weight is 585 g/mol. The standard InChI is InChI=1S/C28H22Cl2N2O6S/c1-3-5-19-10-18(12-24(37-2)26(19)38-16-20-8-9-21(29)14-23(20)30)13-25-27(33)31(28(34)39-25)15-17-6-4-7-22(11-17)32(35)36/h3-4,6-14H,1,5,15-16H2,2H3/b25-13+. The minimum absolute atomic E-state index is 0.0746. The lowest BCUT2D eigenvalue weighted by Gasteiger charge is -2.16. The molecule has 1 aliphatic rings.